The fourth-order valence-corrected chi connectivity index (χ4v) is 3.10. The Morgan fingerprint density at radius 3 is 1.21 bits per heavy atom. The molecule has 2 aromatic rings. The van der Waals surface area contributed by atoms with Gasteiger partial charge >= 0.3 is 0 Å². The number of phenols is 2. The molecular formula is C22H28O2. The van der Waals surface area contributed by atoms with Gasteiger partial charge in [-0.1, -0.05) is 52.0 Å². The van der Waals surface area contributed by atoms with Gasteiger partial charge in [0.25, 0.3) is 0 Å². The van der Waals surface area contributed by atoms with E-state index in [9.17, 15) is 10.2 Å². The van der Waals surface area contributed by atoms with Crippen molar-refractivity contribution in [2.75, 3.05) is 0 Å². The smallest absolute Gasteiger partial charge is 0.115 e. The molecule has 2 nitrogen and oxygen atoms in total. The topological polar surface area (TPSA) is 40.5 Å². The Hall–Kier alpha value is -2.22. The largest absolute Gasteiger partial charge is 0.508 e. The molecule has 0 saturated heterocycles. The van der Waals surface area contributed by atoms with Crippen LogP contribution < -0.4 is 0 Å². The molecule has 24 heavy (non-hydrogen) atoms. The van der Waals surface area contributed by atoms with Crippen LogP contribution in [0.3, 0.4) is 0 Å². The van der Waals surface area contributed by atoms with Gasteiger partial charge in [0.15, 0.2) is 0 Å². The molecule has 0 bridgehead atoms. The van der Waals surface area contributed by atoms with Crippen molar-refractivity contribution in [2.24, 2.45) is 11.8 Å². The molecule has 0 amide bonds. The summed E-state index contributed by atoms with van der Waals surface area (Å²) in [6.45, 7) is 8.92. The third-order valence-electron chi connectivity index (χ3n) is 4.86. The van der Waals surface area contributed by atoms with Crippen molar-refractivity contribution in [3.8, 4) is 11.5 Å². The summed E-state index contributed by atoms with van der Waals surface area (Å²) in [4.78, 5) is 0. The Morgan fingerprint density at radius 1 is 0.667 bits per heavy atom. The first kappa shape index (κ1) is 18.1. The van der Waals surface area contributed by atoms with Gasteiger partial charge in [-0.25, -0.2) is 0 Å². The van der Waals surface area contributed by atoms with Gasteiger partial charge in [-0.05, 0) is 71.2 Å². The Kier molecular flexibility index (Phi) is 6.08. The van der Waals surface area contributed by atoms with E-state index in [1.807, 2.05) is 24.3 Å². The summed E-state index contributed by atoms with van der Waals surface area (Å²) in [5.41, 5.74) is 4.98. The first-order valence-corrected chi connectivity index (χ1v) is 8.80. The summed E-state index contributed by atoms with van der Waals surface area (Å²) in [6, 6.07) is 15.0. The molecule has 2 atom stereocenters. The molecule has 0 fully saturated rings. The average molecular weight is 324 g/mol. The van der Waals surface area contributed by atoms with E-state index in [1.54, 1.807) is 24.3 Å². The summed E-state index contributed by atoms with van der Waals surface area (Å²) in [5, 5.41) is 19.3. The van der Waals surface area contributed by atoms with E-state index < -0.39 is 0 Å². The van der Waals surface area contributed by atoms with Gasteiger partial charge < -0.3 is 10.2 Å². The van der Waals surface area contributed by atoms with Gasteiger partial charge in [0.2, 0.25) is 0 Å². The summed E-state index contributed by atoms with van der Waals surface area (Å²) in [5.74, 6) is 1.40. The molecule has 2 unspecified atom stereocenters. The van der Waals surface area contributed by atoms with Crippen LogP contribution in [0.4, 0.5) is 0 Å². The lowest BCUT2D eigenvalue weighted by Crippen LogP contribution is -2.07. The molecule has 0 aliphatic rings. The molecule has 128 valence electrons. The lowest BCUT2D eigenvalue weighted by Gasteiger charge is -2.25. The van der Waals surface area contributed by atoms with Crippen molar-refractivity contribution in [1.29, 1.82) is 0 Å². The van der Waals surface area contributed by atoms with Crippen molar-refractivity contribution in [3.63, 3.8) is 0 Å². The van der Waals surface area contributed by atoms with Crippen LogP contribution in [-0.2, 0) is 0 Å². The third kappa shape index (κ3) is 4.00. The van der Waals surface area contributed by atoms with Crippen LogP contribution in [0, 0.1) is 11.8 Å². The van der Waals surface area contributed by atoms with Crippen molar-refractivity contribution >= 4 is 11.1 Å². The molecule has 0 aliphatic carbocycles. The predicted octanol–water partition coefficient (Wildman–Crippen LogP) is 6.10. The number of benzene rings is 2. The molecule has 2 rings (SSSR count). The van der Waals surface area contributed by atoms with Crippen molar-refractivity contribution < 1.29 is 10.2 Å². The second-order valence-electron chi connectivity index (χ2n) is 6.54. The van der Waals surface area contributed by atoms with E-state index in [4.69, 9.17) is 0 Å². The number of phenolic OH excluding ortho intramolecular Hbond substituents is 2. The lowest BCUT2D eigenvalue weighted by atomic mass is 9.79. The van der Waals surface area contributed by atoms with Crippen molar-refractivity contribution in [3.05, 3.63) is 59.7 Å². The maximum absolute atomic E-state index is 9.63. The Bertz CT molecular complexity index is 619. The van der Waals surface area contributed by atoms with E-state index in [2.05, 4.69) is 27.7 Å². The van der Waals surface area contributed by atoms with Crippen LogP contribution in [0.25, 0.3) is 11.1 Å². The average Bonchev–Trinajstić information content (AvgIpc) is 2.60. The highest BCUT2D eigenvalue weighted by Crippen LogP contribution is 2.39. The minimum absolute atomic E-state index is 0.289. The minimum Gasteiger partial charge on any atom is -0.508 e. The molecule has 2 heteroatoms. The Balaban J connectivity index is 2.72. The third-order valence-corrected chi connectivity index (χ3v) is 4.86. The highest BCUT2D eigenvalue weighted by Gasteiger charge is 2.20. The zero-order valence-corrected chi connectivity index (χ0v) is 15.1. The highest BCUT2D eigenvalue weighted by atomic mass is 16.3. The predicted molar refractivity (Wildman–Crippen MR) is 102 cm³/mol. The van der Waals surface area contributed by atoms with E-state index >= 15 is 0 Å². The normalized spacial score (nSPS) is 14.8. The van der Waals surface area contributed by atoms with Gasteiger partial charge in [-0.3, -0.25) is 0 Å². The molecule has 0 aliphatic heterocycles. The summed E-state index contributed by atoms with van der Waals surface area (Å²) in [6.07, 6.45) is 2.10. The second-order valence-corrected chi connectivity index (χ2v) is 6.54. The minimum atomic E-state index is 0.289. The van der Waals surface area contributed by atoms with Crippen LogP contribution in [-0.4, -0.2) is 10.2 Å². The van der Waals surface area contributed by atoms with Crippen LogP contribution in [0.15, 0.2) is 48.5 Å². The SMILES string of the molecule is CCC(C)/C(=C(\c1ccc(O)cc1)C(C)CC)c1ccc(O)cc1. The van der Waals surface area contributed by atoms with Crippen LogP contribution in [0.1, 0.15) is 51.7 Å². The standard InChI is InChI=1S/C22H28O2/c1-5-15(3)21(17-7-11-19(23)12-8-17)22(16(4)6-2)18-9-13-20(24)14-10-18/h7-16,23-24H,5-6H2,1-4H3/b22-21+. The quantitative estimate of drug-likeness (QED) is 0.630. The molecule has 0 radical (unpaired) electrons. The fourth-order valence-electron chi connectivity index (χ4n) is 3.10. The van der Waals surface area contributed by atoms with Gasteiger partial charge in [-0.15, -0.1) is 0 Å². The second kappa shape index (κ2) is 8.05. The molecule has 0 spiro atoms. The van der Waals surface area contributed by atoms with Crippen LogP contribution >= 0.6 is 0 Å². The van der Waals surface area contributed by atoms with Crippen LogP contribution in [0.5, 0.6) is 11.5 Å². The summed E-state index contributed by atoms with van der Waals surface area (Å²) in [7, 11) is 0. The zero-order chi connectivity index (χ0) is 17.7. The molecule has 2 aromatic carbocycles. The molecule has 2 N–H and O–H groups in total. The van der Waals surface area contributed by atoms with Gasteiger partial charge in [0.1, 0.15) is 11.5 Å². The number of hydrogen-bond acceptors (Lipinski definition) is 2. The van der Waals surface area contributed by atoms with Crippen LogP contribution in [0.2, 0.25) is 0 Å². The first-order chi connectivity index (χ1) is 11.5. The fraction of sp³-hybridized carbons (Fsp3) is 0.364. The van der Waals surface area contributed by atoms with Crippen molar-refractivity contribution in [2.45, 2.75) is 40.5 Å². The van der Waals surface area contributed by atoms with E-state index in [0.29, 0.717) is 11.8 Å². The number of hydrogen-bond donors (Lipinski definition) is 2. The van der Waals surface area contributed by atoms with E-state index in [1.165, 1.54) is 11.1 Å². The molecule has 0 saturated carbocycles. The number of aromatic hydroxyl groups is 2. The maximum atomic E-state index is 9.63. The Labute approximate surface area is 145 Å². The number of rotatable bonds is 6. The van der Waals surface area contributed by atoms with Gasteiger partial charge in [-0.2, -0.15) is 0 Å². The molecule has 0 aromatic heterocycles. The highest BCUT2D eigenvalue weighted by molar-refractivity contribution is 5.92. The zero-order valence-electron chi connectivity index (χ0n) is 15.1. The summed E-state index contributed by atoms with van der Waals surface area (Å²) < 4.78 is 0. The van der Waals surface area contributed by atoms with E-state index in [0.717, 1.165) is 24.0 Å². The molecular weight excluding hydrogens is 296 g/mol. The maximum Gasteiger partial charge on any atom is 0.115 e. The summed E-state index contributed by atoms with van der Waals surface area (Å²) >= 11 is 0. The first-order valence-electron chi connectivity index (χ1n) is 8.80. The number of allylic oxidation sites excluding steroid dienone is 2. The lowest BCUT2D eigenvalue weighted by molar-refractivity contribution is 0.474. The van der Waals surface area contributed by atoms with Crippen molar-refractivity contribution in [1.82, 2.24) is 0 Å². The Morgan fingerprint density at radius 2 is 0.958 bits per heavy atom. The van der Waals surface area contributed by atoms with E-state index in [-0.39, 0.29) is 11.5 Å². The van der Waals surface area contributed by atoms with Gasteiger partial charge in [0, 0.05) is 0 Å². The van der Waals surface area contributed by atoms with Gasteiger partial charge in [0.05, 0.1) is 0 Å². The molecule has 0 heterocycles. The monoisotopic (exact) mass is 324 g/mol.